The predicted octanol–water partition coefficient (Wildman–Crippen LogP) is 1.17. The molecule has 4 heteroatoms. The van der Waals surface area contributed by atoms with Crippen molar-refractivity contribution in [2.75, 3.05) is 13.1 Å². The number of aliphatic hydroxyl groups excluding tert-OH is 1. The molecule has 1 fully saturated rings. The Morgan fingerprint density at radius 3 is 2.47 bits per heavy atom. The number of nitrogens with zero attached hydrogens (tertiary/aromatic N) is 1. The molecule has 0 aromatic carbocycles. The predicted molar refractivity (Wildman–Crippen MR) is 64.0 cm³/mol. The molecule has 1 rings (SSSR count). The zero-order valence-electron chi connectivity index (χ0n) is 9.68. The molecule has 0 aliphatic carbocycles. The number of carbonyl (C=O) groups excluding carboxylic acids is 1. The van der Waals surface area contributed by atoms with Crippen LogP contribution in [-0.4, -0.2) is 40.4 Å². The van der Waals surface area contributed by atoms with Crippen molar-refractivity contribution in [2.45, 2.75) is 38.5 Å². The van der Waals surface area contributed by atoms with Crippen LogP contribution in [0.25, 0.3) is 0 Å². The molecular weight excluding hydrogens is 210 g/mol. The van der Waals surface area contributed by atoms with Crippen molar-refractivity contribution in [1.82, 2.24) is 4.90 Å². The molecule has 1 saturated heterocycles. The van der Waals surface area contributed by atoms with Gasteiger partial charge in [0.05, 0.1) is 11.4 Å². The van der Waals surface area contributed by atoms with Gasteiger partial charge in [-0.05, 0) is 19.3 Å². The van der Waals surface area contributed by atoms with Crippen LogP contribution in [0.5, 0.6) is 0 Å². The Labute approximate surface area is 97.3 Å². The minimum atomic E-state index is -0.319. The Hall–Kier alpha value is -0.220. The highest BCUT2D eigenvalue weighted by Gasteiger charge is 2.32. The lowest BCUT2D eigenvalue weighted by molar-refractivity contribution is -0.130. The van der Waals surface area contributed by atoms with Gasteiger partial charge >= 0.3 is 0 Å². The maximum Gasteiger partial charge on any atom is 0.235 e. The summed E-state index contributed by atoms with van der Waals surface area (Å²) in [7, 11) is 0. The van der Waals surface area contributed by atoms with E-state index < -0.39 is 0 Å². The van der Waals surface area contributed by atoms with Crippen molar-refractivity contribution < 1.29 is 9.90 Å². The molecule has 0 bridgehead atoms. The van der Waals surface area contributed by atoms with Crippen LogP contribution in [0.15, 0.2) is 0 Å². The first-order valence-electron chi connectivity index (χ1n) is 5.58. The highest BCUT2D eigenvalue weighted by atomic mass is 32.1. The highest BCUT2D eigenvalue weighted by molar-refractivity contribution is 7.81. The fourth-order valence-electron chi connectivity index (χ4n) is 1.85. The first-order chi connectivity index (χ1) is 6.93. The summed E-state index contributed by atoms with van der Waals surface area (Å²) in [6.45, 7) is 7.23. The molecule has 1 amide bonds. The zero-order chi connectivity index (χ0) is 11.6. The summed E-state index contributed by atoms with van der Waals surface area (Å²) in [4.78, 5) is 13.8. The number of hydrogen-bond acceptors (Lipinski definition) is 3. The van der Waals surface area contributed by atoms with Crippen molar-refractivity contribution in [2.24, 2.45) is 11.8 Å². The largest absolute Gasteiger partial charge is 0.393 e. The first kappa shape index (κ1) is 12.8. The lowest BCUT2D eigenvalue weighted by Crippen LogP contribution is -2.38. The van der Waals surface area contributed by atoms with E-state index in [0.717, 1.165) is 13.0 Å². The van der Waals surface area contributed by atoms with Crippen LogP contribution in [0.3, 0.4) is 0 Å². The average Bonchev–Trinajstić information content (AvgIpc) is 2.64. The molecule has 3 unspecified atom stereocenters. The molecule has 0 aromatic rings. The third kappa shape index (κ3) is 3.11. The Morgan fingerprint density at radius 1 is 1.47 bits per heavy atom. The van der Waals surface area contributed by atoms with Crippen molar-refractivity contribution >= 4 is 18.5 Å². The summed E-state index contributed by atoms with van der Waals surface area (Å²) in [5, 5.41) is 9.23. The van der Waals surface area contributed by atoms with Gasteiger partial charge < -0.3 is 10.0 Å². The van der Waals surface area contributed by atoms with Gasteiger partial charge in [0.2, 0.25) is 5.91 Å². The van der Waals surface area contributed by atoms with Crippen molar-refractivity contribution in [3.05, 3.63) is 0 Å². The quantitative estimate of drug-likeness (QED) is 0.716. The Morgan fingerprint density at radius 2 is 2.07 bits per heavy atom. The molecular formula is C11H21NO2S. The van der Waals surface area contributed by atoms with Gasteiger partial charge in [-0.1, -0.05) is 13.8 Å². The van der Waals surface area contributed by atoms with E-state index in [1.54, 1.807) is 6.92 Å². The highest BCUT2D eigenvalue weighted by Crippen LogP contribution is 2.22. The number of aliphatic hydroxyl groups is 1. The minimum Gasteiger partial charge on any atom is -0.393 e. The second-order valence-electron chi connectivity index (χ2n) is 4.76. The Balaban J connectivity index is 2.50. The van der Waals surface area contributed by atoms with Crippen LogP contribution in [0.4, 0.5) is 0 Å². The van der Waals surface area contributed by atoms with Crippen LogP contribution in [0.1, 0.15) is 27.2 Å². The molecule has 88 valence electrons. The van der Waals surface area contributed by atoms with E-state index >= 15 is 0 Å². The molecule has 15 heavy (non-hydrogen) atoms. The van der Waals surface area contributed by atoms with Crippen molar-refractivity contribution in [3.8, 4) is 0 Å². The topological polar surface area (TPSA) is 40.5 Å². The fraction of sp³-hybridized carbons (Fsp3) is 0.909. The van der Waals surface area contributed by atoms with E-state index in [4.69, 9.17) is 0 Å². The minimum absolute atomic E-state index is 0.108. The van der Waals surface area contributed by atoms with Crippen LogP contribution in [0, 0.1) is 11.8 Å². The third-order valence-corrected chi connectivity index (χ3v) is 3.92. The van der Waals surface area contributed by atoms with Crippen LogP contribution in [0.2, 0.25) is 0 Å². The number of likely N-dealkylation sites (tertiary alicyclic amines) is 1. The third-order valence-electron chi connectivity index (χ3n) is 3.10. The lowest BCUT2D eigenvalue weighted by Gasteiger charge is -2.23. The van der Waals surface area contributed by atoms with Crippen LogP contribution >= 0.6 is 12.6 Å². The van der Waals surface area contributed by atoms with Gasteiger partial charge in [-0.3, -0.25) is 4.79 Å². The van der Waals surface area contributed by atoms with Gasteiger partial charge in [0, 0.05) is 19.0 Å². The summed E-state index contributed by atoms with van der Waals surface area (Å²) >= 11 is 4.32. The molecule has 0 spiro atoms. The zero-order valence-corrected chi connectivity index (χ0v) is 10.6. The molecule has 3 atom stereocenters. The monoisotopic (exact) mass is 231 g/mol. The maximum absolute atomic E-state index is 11.9. The second kappa shape index (κ2) is 5.21. The molecule has 0 aromatic heterocycles. The van der Waals surface area contributed by atoms with Crippen LogP contribution in [-0.2, 0) is 4.79 Å². The summed E-state index contributed by atoms with van der Waals surface area (Å²) in [6, 6.07) is 0. The SMILES string of the molecule is CC(C)C(S)C(=O)N1CCC(C(C)O)C1. The summed E-state index contributed by atoms with van der Waals surface area (Å²) < 4.78 is 0. The molecule has 1 aliphatic rings. The standard InChI is InChI=1S/C11H21NO2S/c1-7(2)10(15)11(14)12-5-4-9(6-12)8(3)13/h7-10,13,15H,4-6H2,1-3H3. The maximum atomic E-state index is 11.9. The molecule has 0 saturated carbocycles. The number of carbonyl (C=O) groups is 1. The molecule has 1 N–H and O–H groups in total. The van der Waals surface area contributed by atoms with E-state index in [-0.39, 0.29) is 29.1 Å². The summed E-state index contributed by atoms with van der Waals surface area (Å²) in [5.41, 5.74) is 0. The van der Waals surface area contributed by atoms with Gasteiger partial charge in [0.1, 0.15) is 0 Å². The van der Waals surface area contributed by atoms with E-state index in [9.17, 15) is 9.90 Å². The molecule has 3 nitrogen and oxygen atoms in total. The van der Waals surface area contributed by atoms with Gasteiger partial charge in [-0.2, -0.15) is 12.6 Å². The Kier molecular flexibility index (Phi) is 4.46. The van der Waals surface area contributed by atoms with Gasteiger partial charge in [0.25, 0.3) is 0 Å². The number of hydrogen-bond donors (Lipinski definition) is 2. The second-order valence-corrected chi connectivity index (χ2v) is 5.32. The van der Waals surface area contributed by atoms with E-state index in [1.165, 1.54) is 0 Å². The summed E-state index contributed by atoms with van der Waals surface area (Å²) in [6.07, 6.45) is 0.586. The lowest BCUT2D eigenvalue weighted by atomic mass is 10.0. The normalized spacial score (nSPS) is 25.7. The number of thiol groups is 1. The van der Waals surface area contributed by atoms with E-state index in [0.29, 0.717) is 6.54 Å². The van der Waals surface area contributed by atoms with Crippen LogP contribution < -0.4 is 0 Å². The van der Waals surface area contributed by atoms with E-state index in [2.05, 4.69) is 12.6 Å². The number of amides is 1. The molecule has 0 radical (unpaired) electrons. The first-order valence-corrected chi connectivity index (χ1v) is 6.10. The average molecular weight is 231 g/mol. The van der Waals surface area contributed by atoms with Gasteiger partial charge in [-0.15, -0.1) is 0 Å². The van der Waals surface area contributed by atoms with Gasteiger partial charge in [-0.25, -0.2) is 0 Å². The van der Waals surface area contributed by atoms with E-state index in [1.807, 2.05) is 18.7 Å². The number of rotatable bonds is 3. The smallest absolute Gasteiger partial charge is 0.235 e. The van der Waals surface area contributed by atoms with Gasteiger partial charge in [0.15, 0.2) is 0 Å². The molecule has 1 heterocycles. The summed E-state index contributed by atoms with van der Waals surface area (Å²) in [5.74, 6) is 0.601. The van der Waals surface area contributed by atoms with Crippen molar-refractivity contribution in [3.63, 3.8) is 0 Å². The molecule has 1 aliphatic heterocycles. The van der Waals surface area contributed by atoms with Crippen molar-refractivity contribution in [1.29, 1.82) is 0 Å². The fourth-order valence-corrected chi connectivity index (χ4v) is 2.02. The Bertz CT molecular complexity index is 231.